The minimum atomic E-state index is -0.930. The highest BCUT2D eigenvalue weighted by molar-refractivity contribution is 5.78. The molecule has 0 aliphatic rings. The van der Waals surface area contributed by atoms with Crippen molar-refractivity contribution in [2.75, 3.05) is 6.54 Å². The normalized spacial score (nSPS) is 11.9. The van der Waals surface area contributed by atoms with E-state index < -0.39 is 12.0 Å². The SMILES string of the molecule is CC(C)=NNCCCCC(N)C(=O)O. The summed E-state index contributed by atoms with van der Waals surface area (Å²) in [4.78, 5) is 10.3. The van der Waals surface area contributed by atoms with Gasteiger partial charge in [0.2, 0.25) is 0 Å². The molecule has 0 aromatic carbocycles. The zero-order valence-corrected chi connectivity index (χ0v) is 8.79. The van der Waals surface area contributed by atoms with Crippen LogP contribution in [-0.4, -0.2) is 29.4 Å². The van der Waals surface area contributed by atoms with Gasteiger partial charge in [0.15, 0.2) is 0 Å². The lowest BCUT2D eigenvalue weighted by atomic mass is 10.1. The Morgan fingerprint density at radius 1 is 1.50 bits per heavy atom. The third kappa shape index (κ3) is 7.54. The summed E-state index contributed by atoms with van der Waals surface area (Å²) in [6.45, 7) is 4.58. The molecule has 0 aliphatic heterocycles. The Kier molecular flexibility index (Phi) is 6.74. The van der Waals surface area contributed by atoms with Crippen molar-refractivity contribution in [2.24, 2.45) is 10.8 Å². The number of carbonyl (C=O) groups is 1. The van der Waals surface area contributed by atoms with E-state index in [9.17, 15) is 4.79 Å². The van der Waals surface area contributed by atoms with E-state index in [-0.39, 0.29) is 0 Å². The van der Waals surface area contributed by atoms with Gasteiger partial charge in [0.25, 0.3) is 0 Å². The molecule has 0 aliphatic carbocycles. The first-order valence-electron chi connectivity index (χ1n) is 4.76. The van der Waals surface area contributed by atoms with Crippen molar-refractivity contribution < 1.29 is 9.90 Å². The summed E-state index contributed by atoms with van der Waals surface area (Å²) in [5.74, 6) is -0.930. The average molecular weight is 201 g/mol. The Morgan fingerprint density at radius 2 is 2.14 bits per heavy atom. The molecule has 1 atom stereocenters. The maximum absolute atomic E-state index is 10.3. The monoisotopic (exact) mass is 201 g/mol. The fraction of sp³-hybridized carbons (Fsp3) is 0.778. The fourth-order valence-corrected chi connectivity index (χ4v) is 0.906. The molecule has 5 nitrogen and oxygen atoms in total. The van der Waals surface area contributed by atoms with Crippen LogP contribution in [0.1, 0.15) is 33.1 Å². The molecule has 0 heterocycles. The van der Waals surface area contributed by atoms with Gasteiger partial charge >= 0.3 is 5.97 Å². The smallest absolute Gasteiger partial charge is 0.320 e. The first kappa shape index (κ1) is 12.9. The number of carboxylic acids is 1. The van der Waals surface area contributed by atoms with Crippen LogP contribution in [-0.2, 0) is 4.79 Å². The van der Waals surface area contributed by atoms with E-state index in [4.69, 9.17) is 10.8 Å². The van der Waals surface area contributed by atoms with E-state index in [0.29, 0.717) is 6.42 Å². The molecule has 0 amide bonds. The number of carboxylic acid groups (broad SMARTS) is 1. The van der Waals surface area contributed by atoms with Crippen molar-refractivity contribution in [2.45, 2.75) is 39.2 Å². The molecule has 0 aromatic rings. The number of rotatable bonds is 7. The van der Waals surface area contributed by atoms with Crippen molar-refractivity contribution in [3.63, 3.8) is 0 Å². The van der Waals surface area contributed by atoms with Crippen LogP contribution >= 0.6 is 0 Å². The first-order chi connectivity index (χ1) is 6.54. The van der Waals surface area contributed by atoms with Gasteiger partial charge < -0.3 is 16.3 Å². The van der Waals surface area contributed by atoms with Crippen LogP contribution in [0.2, 0.25) is 0 Å². The molecule has 82 valence electrons. The molecule has 0 bridgehead atoms. The van der Waals surface area contributed by atoms with Gasteiger partial charge in [-0.15, -0.1) is 0 Å². The second-order valence-electron chi connectivity index (χ2n) is 3.41. The van der Waals surface area contributed by atoms with Crippen molar-refractivity contribution in [3.05, 3.63) is 0 Å². The Balaban J connectivity index is 3.30. The quantitative estimate of drug-likeness (QED) is 0.319. The van der Waals surface area contributed by atoms with Crippen LogP contribution in [0.5, 0.6) is 0 Å². The summed E-state index contributed by atoms with van der Waals surface area (Å²) in [5.41, 5.74) is 9.20. The maximum atomic E-state index is 10.3. The molecule has 0 rings (SSSR count). The minimum Gasteiger partial charge on any atom is -0.480 e. The van der Waals surface area contributed by atoms with Gasteiger partial charge in [-0.3, -0.25) is 4.79 Å². The van der Waals surface area contributed by atoms with Crippen LogP contribution in [0, 0.1) is 0 Å². The highest BCUT2D eigenvalue weighted by Crippen LogP contribution is 1.98. The van der Waals surface area contributed by atoms with Crippen molar-refractivity contribution in [1.29, 1.82) is 0 Å². The van der Waals surface area contributed by atoms with E-state index in [1.165, 1.54) is 0 Å². The number of hydrogen-bond donors (Lipinski definition) is 3. The Hall–Kier alpha value is -1.10. The molecule has 0 fully saturated rings. The Labute approximate surface area is 84.4 Å². The number of hydrogen-bond acceptors (Lipinski definition) is 4. The summed E-state index contributed by atoms with van der Waals surface area (Å²) in [6.07, 6.45) is 2.21. The summed E-state index contributed by atoms with van der Waals surface area (Å²) < 4.78 is 0. The lowest BCUT2D eigenvalue weighted by Gasteiger charge is -2.05. The minimum absolute atomic E-state index is 0.520. The predicted octanol–water partition coefficient (Wildman–Crippen LogP) is 0.554. The van der Waals surface area contributed by atoms with Crippen LogP contribution in [0.25, 0.3) is 0 Å². The predicted molar refractivity (Wildman–Crippen MR) is 56.2 cm³/mol. The Morgan fingerprint density at radius 3 is 2.64 bits per heavy atom. The van der Waals surface area contributed by atoms with Crippen molar-refractivity contribution >= 4 is 11.7 Å². The summed E-state index contributed by atoms with van der Waals surface area (Å²) in [5, 5.41) is 12.5. The molecule has 0 radical (unpaired) electrons. The third-order valence-corrected chi connectivity index (χ3v) is 1.67. The van der Waals surface area contributed by atoms with Crippen LogP contribution in [0.4, 0.5) is 0 Å². The van der Waals surface area contributed by atoms with Crippen LogP contribution < -0.4 is 11.2 Å². The number of nitrogens with zero attached hydrogens (tertiary/aromatic N) is 1. The lowest BCUT2D eigenvalue weighted by molar-refractivity contribution is -0.138. The first-order valence-corrected chi connectivity index (χ1v) is 4.76. The number of unbranched alkanes of at least 4 members (excludes halogenated alkanes) is 1. The number of nitrogens with two attached hydrogens (primary N) is 1. The summed E-state index contributed by atoms with van der Waals surface area (Å²) >= 11 is 0. The van der Waals surface area contributed by atoms with Crippen LogP contribution in [0.15, 0.2) is 5.10 Å². The molecule has 0 saturated carbocycles. The molecular formula is C9H19N3O2. The number of aliphatic carboxylic acids is 1. The third-order valence-electron chi connectivity index (χ3n) is 1.67. The van der Waals surface area contributed by atoms with Gasteiger partial charge in [0, 0.05) is 12.3 Å². The second kappa shape index (κ2) is 7.32. The molecule has 4 N–H and O–H groups in total. The molecular weight excluding hydrogens is 182 g/mol. The summed E-state index contributed by atoms with van der Waals surface area (Å²) in [7, 11) is 0. The molecule has 0 spiro atoms. The average Bonchev–Trinajstić information content (AvgIpc) is 2.09. The van der Waals surface area contributed by atoms with Gasteiger partial charge in [-0.2, -0.15) is 5.10 Å². The second-order valence-corrected chi connectivity index (χ2v) is 3.41. The lowest BCUT2D eigenvalue weighted by Crippen LogP contribution is -2.29. The van der Waals surface area contributed by atoms with E-state index in [0.717, 1.165) is 25.1 Å². The Bertz CT molecular complexity index is 200. The molecule has 5 heteroatoms. The largest absolute Gasteiger partial charge is 0.480 e. The highest BCUT2D eigenvalue weighted by atomic mass is 16.4. The van der Waals surface area contributed by atoms with Gasteiger partial charge in [0.1, 0.15) is 6.04 Å². The van der Waals surface area contributed by atoms with Gasteiger partial charge in [-0.25, -0.2) is 0 Å². The topological polar surface area (TPSA) is 87.7 Å². The molecule has 14 heavy (non-hydrogen) atoms. The van der Waals surface area contributed by atoms with Crippen molar-refractivity contribution in [1.82, 2.24) is 5.43 Å². The van der Waals surface area contributed by atoms with Crippen molar-refractivity contribution in [3.8, 4) is 0 Å². The van der Waals surface area contributed by atoms with Gasteiger partial charge in [-0.05, 0) is 33.1 Å². The van der Waals surface area contributed by atoms with Crippen LogP contribution in [0.3, 0.4) is 0 Å². The molecule has 0 aromatic heterocycles. The van der Waals surface area contributed by atoms with E-state index in [1.54, 1.807) is 0 Å². The number of nitrogens with one attached hydrogen (secondary N) is 1. The molecule has 1 unspecified atom stereocenters. The van der Waals surface area contributed by atoms with E-state index >= 15 is 0 Å². The fourth-order valence-electron chi connectivity index (χ4n) is 0.906. The van der Waals surface area contributed by atoms with Gasteiger partial charge in [-0.1, -0.05) is 0 Å². The molecule has 0 saturated heterocycles. The zero-order valence-electron chi connectivity index (χ0n) is 8.79. The summed E-state index contributed by atoms with van der Waals surface area (Å²) in [6, 6.07) is -0.730. The highest BCUT2D eigenvalue weighted by Gasteiger charge is 2.09. The number of hydrazone groups is 1. The van der Waals surface area contributed by atoms with Gasteiger partial charge in [0.05, 0.1) is 0 Å². The maximum Gasteiger partial charge on any atom is 0.320 e. The zero-order chi connectivity index (χ0) is 11.0. The van der Waals surface area contributed by atoms with E-state index in [1.807, 2.05) is 13.8 Å². The standard InChI is InChI=1S/C9H19N3O2/c1-7(2)12-11-6-4-3-5-8(10)9(13)14/h8,11H,3-6,10H2,1-2H3,(H,13,14). The van der Waals surface area contributed by atoms with E-state index in [2.05, 4.69) is 10.5 Å².